The highest BCUT2D eigenvalue weighted by Crippen LogP contribution is 2.35. The van der Waals surface area contributed by atoms with Crippen LogP contribution >= 0.6 is 27.5 Å². The smallest absolute Gasteiger partial charge is 0.233 e. The summed E-state index contributed by atoms with van der Waals surface area (Å²) < 4.78 is 24.3. The quantitative estimate of drug-likeness (QED) is 0.422. The molecular weight excluding hydrogens is 508 g/mol. The fraction of sp³-hybridized carbons (Fsp3) is 0.400. The van der Waals surface area contributed by atoms with Gasteiger partial charge in [-0.3, -0.25) is 4.79 Å². The molecule has 1 amide bonds. The third-order valence-corrected chi connectivity index (χ3v) is 7.33. The summed E-state index contributed by atoms with van der Waals surface area (Å²) in [6.45, 7) is 0. The van der Waals surface area contributed by atoms with Crippen LogP contribution in [0.5, 0.6) is 0 Å². The number of rotatable bonds is 6. The Morgan fingerprint density at radius 1 is 1.32 bits per heavy atom. The van der Waals surface area contributed by atoms with Gasteiger partial charge in [0.2, 0.25) is 5.91 Å². The van der Waals surface area contributed by atoms with Gasteiger partial charge in [0, 0.05) is 6.26 Å². The number of halogens is 2. The molecule has 0 bridgehead atoms. The Morgan fingerprint density at radius 3 is 2.58 bits per heavy atom. The molecule has 1 unspecified atom stereocenters. The molecule has 1 heterocycles. The molecule has 11 heteroatoms. The Bertz CT molecular complexity index is 1080. The topological polar surface area (TPSA) is 122 Å². The van der Waals surface area contributed by atoms with Crippen LogP contribution in [0, 0.1) is 5.92 Å². The SMILES string of the molecule is CS(=O)(=O)c1ccc(C(CC2CCC(=NO)CC2)C(=O)Nc2cnc(Br)cn2)cc1Cl. The maximum absolute atomic E-state index is 13.2. The maximum atomic E-state index is 13.2. The highest BCUT2D eigenvalue weighted by Gasteiger charge is 2.28. The van der Waals surface area contributed by atoms with Crippen molar-refractivity contribution in [3.8, 4) is 0 Å². The van der Waals surface area contributed by atoms with Gasteiger partial charge in [-0.05, 0) is 71.6 Å². The number of carbonyl (C=O) groups is 1. The first-order valence-electron chi connectivity index (χ1n) is 9.65. The average molecular weight is 530 g/mol. The molecule has 1 aliphatic rings. The van der Waals surface area contributed by atoms with E-state index in [4.69, 9.17) is 16.8 Å². The van der Waals surface area contributed by atoms with Gasteiger partial charge >= 0.3 is 0 Å². The first-order valence-corrected chi connectivity index (χ1v) is 12.7. The van der Waals surface area contributed by atoms with E-state index in [0.29, 0.717) is 35.2 Å². The van der Waals surface area contributed by atoms with Crippen LogP contribution in [0.3, 0.4) is 0 Å². The largest absolute Gasteiger partial charge is 0.411 e. The predicted molar refractivity (Wildman–Crippen MR) is 121 cm³/mol. The number of oxime groups is 1. The van der Waals surface area contributed by atoms with Crippen LogP contribution in [-0.4, -0.2) is 41.5 Å². The van der Waals surface area contributed by atoms with Gasteiger partial charge < -0.3 is 10.5 Å². The molecule has 31 heavy (non-hydrogen) atoms. The number of nitrogens with one attached hydrogen (secondary N) is 1. The average Bonchev–Trinajstić information content (AvgIpc) is 2.73. The Kier molecular flexibility index (Phi) is 7.66. The zero-order valence-electron chi connectivity index (χ0n) is 16.8. The van der Waals surface area contributed by atoms with Crippen LogP contribution in [0.25, 0.3) is 0 Å². The lowest BCUT2D eigenvalue weighted by atomic mass is 9.79. The first-order chi connectivity index (χ1) is 14.7. The monoisotopic (exact) mass is 528 g/mol. The van der Waals surface area contributed by atoms with E-state index in [-0.39, 0.29) is 21.7 Å². The van der Waals surface area contributed by atoms with E-state index in [0.717, 1.165) is 24.8 Å². The van der Waals surface area contributed by atoms with E-state index in [1.165, 1.54) is 18.5 Å². The Balaban J connectivity index is 1.87. The van der Waals surface area contributed by atoms with Crippen molar-refractivity contribution in [2.24, 2.45) is 11.1 Å². The van der Waals surface area contributed by atoms with Crippen molar-refractivity contribution in [3.63, 3.8) is 0 Å². The van der Waals surface area contributed by atoms with Crippen molar-refractivity contribution in [1.82, 2.24) is 9.97 Å². The Hall–Kier alpha value is -2.04. The molecule has 1 aromatic heterocycles. The molecule has 3 rings (SSSR count). The molecule has 1 fully saturated rings. The third-order valence-electron chi connectivity index (χ3n) is 5.34. The molecule has 8 nitrogen and oxygen atoms in total. The van der Waals surface area contributed by atoms with Gasteiger partial charge in [-0.2, -0.15) is 0 Å². The van der Waals surface area contributed by atoms with Gasteiger partial charge in [0.15, 0.2) is 15.7 Å². The van der Waals surface area contributed by atoms with Crippen molar-refractivity contribution >= 4 is 54.8 Å². The third kappa shape index (κ3) is 6.24. The number of amides is 1. The minimum absolute atomic E-state index is 0.0253. The number of hydrogen-bond donors (Lipinski definition) is 2. The number of hydrogen-bond acceptors (Lipinski definition) is 7. The molecule has 1 aliphatic carbocycles. The zero-order valence-corrected chi connectivity index (χ0v) is 19.9. The fourth-order valence-corrected chi connectivity index (χ4v) is 5.24. The van der Waals surface area contributed by atoms with Crippen molar-refractivity contribution in [2.75, 3.05) is 11.6 Å². The second-order valence-corrected chi connectivity index (χ2v) is 10.8. The summed E-state index contributed by atoms with van der Waals surface area (Å²) in [5.41, 5.74) is 1.39. The normalized spacial score (nSPS) is 17.8. The van der Waals surface area contributed by atoms with Crippen LogP contribution in [-0.2, 0) is 14.6 Å². The number of anilines is 1. The lowest BCUT2D eigenvalue weighted by Gasteiger charge is -2.27. The molecule has 2 aromatic rings. The molecule has 0 radical (unpaired) electrons. The summed E-state index contributed by atoms with van der Waals surface area (Å²) in [6, 6.07) is 4.60. The second-order valence-electron chi connectivity index (χ2n) is 7.57. The zero-order chi connectivity index (χ0) is 22.6. The van der Waals surface area contributed by atoms with Crippen molar-refractivity contribution in [2.45, 2.75) is 42.9 Å². The maximum Gasteiger partial charge on any atom is 0.233 e. The Morgan fingerprint density at radius 2 is 2.03 bits per heavy atom. The number of aromatic nitrogens is 2. The summed E-state index contributed by atoms with van der Waals surface area (Å²) in [5.74, 6) is -0.281. The molecule has 166 valence electrons. The highest BCUT2D eigenvalue weighted by atomic mass is 79.9. The fourth-order valence-electron chi connectivity index (χ4n) is 3.70. The van der Waals surface area contributed by atoms with Crippen molar-refractivity contribution in [3.05, 3.63) is 45.8 Å². The van der Waals surface area contributed by atoms with Gasteiger partial charge in [0.1, 0.15) is 4.60 Å². The van der Waals surface area contributed by atoms with Gasteiger partial charge in [0.05, 0.1) is 33.9 Å². The predicted octanol–water partition coefficient (Wildman–Crippen LogP) is 4.43. The van der Waals surface area contributed by atoms with Crippen molar-refractivity contribution in [1.29, 1.82) is 0 Å². The summed E-state index contributed by atoms with van der Waals surface area (Å²) in [4.78, 5) is 21.4. The van der Waals surface area contributed by atoms with Gasteiger partial charge in [0.25, 0.3) is 0 Å². The molecule has 0 saturated heterocycles. The van der Waals surface area contributed by atoms with E-state index >= 15 is 0 Å². The van der Waals surface area contributed by atoms with E-state index in [2.05, 4.69) is 36.4 Å². The summed E-state index contributed by atoms with van der Waals surface area (Å²) >= 11 is 9.45. The van der Waals surface area contributed by atoms with Crippen LogP contribution in [0.2, 0.25) is 5.02 Å². The van der Waals surface area contributed by atoms with Crippen LogP contribution < -0.4 is 5.32 Å². The van der Waals surface area contributed by atoms with E-state index in [1.807, 2.05) is 0 Å². The standard InChI is InChI=1S/C20H22BrClN4O4S/c1-31(29,30)17-7-4-13(9-16(17)22)15(8-12-2-5-14(26-28)6-3-12)20(27)25-19-11-23-18(21)10-24-19/h4,7,9-12,15,28H,2-3,5-6,8H2,1H3,(H,24,25,27). The molecule has 2 N–H and O–H groups in total. The Labute approximate surface area is 194 Å². The minimum Gasteiger partial charge on any atom is -0.411 e. The summed E-state index contributed by atoms with van der Waals surface area (Å²) in [5, 5.41) is 15.1. The lowest BCUT2D eigenvalue weighted by Crippen LogP contribution is -2.26. The van der Waals surface area contributed by atoms with Crippen LogP contribution in [0.15, 0.2) is 45.2 Å². The number of benzene rings is 1. The molecule has 0 aliphatic heterocycles. The minimum atomic E-state index is -3.48. The molecular formula is C20H22BrClN4O4S. The van der Waals surface area contributed by atoms with Crippen molar-refractivity contribution < 1.29 is 18.4 Å². The van der Waals surface area contributed by atoms with E-state index < -0.39 is 15.8 Å². The molecule has 1 aromatic carbocycles. The summed E-state index contributed by atoms with van der Waals surface area (Å²) in [6.07, 6.45) is 7.54. The van der Waals surface area contributed by atoms with E-state index in [1.54, 1.807) is 12.1 Å². The van der Waals surface area contributed by atoms with Gasteiger partial charge in [-0.25, -0.2) is 18.4 Å². The van der Waals surface area contributed by atoms with E-state index in [9.17, 15) is 13.2 Å². The van der Waals surface area contributed by atoms with Crippen LogP contribution in [0.1, 0.15) is 43.6 Å². The lowest BCUT2D eigenvalue weighted by molar-refractivity contribution is -0.118. The number of sulfone groups is 1. The van der Waals surface area contributed by atoms with Gasteiger partial charge in [-0.1, -0.05) is 22.8 Å². The van der Waals surface area contributed by atoms with Gasteiger partial charge in [-0.15, -0.1) is 0 Å². The second kappa shape index (κ2) is 10.1. The molecule has 1 atom stereocenters. The highest BCUT2D eigenvalue weighted by molar-refractivity contribution is 9.10. The summed E-state index contributed by atoms with van der Waals surface area (Å²) in [7, 11) is -3.48. The first kappa shape index (κ1) is 23.6. The molecule has 0 spiro atoms. The number of carbonyl (C=O) groups excluding carboxylic acids is 1. The molecule has 1 saturated carbocycles. The van der Waals surface area contributed by atoms with Crippen LogP contribution in [0.4, 0.5) is 5.82 Å². The number of nitrogens with zero attached hydrogens (tertiary/aromatic N) is 3.